The molecule has 0 bridgehead atoms. The molecule has 0 unspecified atom stereocenters. The van der Waals surface area contributed by atoms with Gasteiger partial charge in [0, 0.05) is 12.2 Å². The van der Waals surface area contributed by atoms with E-state index in [4.69, 9.17) is 5.11 Å². The van der Waals surface area contributed by atoms with E-state index in [1.807, 2.05) is 0 Å². The summed E-state index contributed by atoms with van der Waals surface area (Å²) in [6, 6.07) is 0. The molecule has 1 aromatic heterocycles. The first-order valence-electron chi connectivity index (χ1n) is 3.62. The van der Waals surface area contributed by atoms with E-state index in [9.17, 15) is 4.79 Å². The molecule has 1 rings (SSSR count). The maximum Gasteiger partial charge on any atom is 0.355 e. The van der Waals surface area contributed by atoms with Crippen LogP contribution in [-0.4, -0.2) is 27.0 Å². The highest BCUT2D eigenvalue weighted by molar-refractivity contribution is 7.80. The fourth-order valence-electron chi connectivity index (χ4n) is 0.758. The molecule has 0 aromatic carbocycles. The fourth-order valence-corrected chi connectivity index (χ4v) is 0.869. The lowest BCUT2D eigenvalue weighted by Crippen LogP contribution is -1.98. The second-order valence-electron chi connectivity index (χ2n) is 2.24. The Bertz CT molecular complexity index is 362. The second kappa shape index (κ2) is 4.58. The Hall–Kier alpha value is -1.41. The number of aromatic nitrogens is 2. The summed E-state index contributed by atoms with van der Waals surface area (Å²) in [6.45, 7) is 0. The number of thiol groups is 1. The Kier molecular flexibility index (Phi) is 3.41. The molecule has 68 valence electrons. The van der Waals surface area contributed by atoms with Gasteiger partial charge in [-0.05, 0) is 0 Å². The van der Waals surface area contributed by atoms with Crippen LogP contribution < -0.4 is 0 Å². The van der Waals surface area contributed by atoms with Crippen LogP contribution in [0.4, 0.5) is 0 Å². The van der Waals surface area contributed by atoms with Crippen LogP contribution in [0.1, 0.15) is 22.5 Å². The molecule has 0 radical (unpaired) electrons. The molecular formula is C8H8N2O2S. The molecule has 0 amide bonds. The van der Waals surface area contributed by atoms with Crippen LogP contribution in [-0.2, 0) is 0 Å². The molecule has 0 saturated heterocycles. The van der Waals surface area contributed by atoms with Crippen molar-refractivity contribution < 1.29 is 9.90 Å². The molecule has 4 nitrogen and oxygen atoms in total. The van der Waals surface area contributed by atoms with Crippen molar-refractivity contribution in [2.75, 3.05) is 5.75 Å². The minimum absolute atomic E-state index is 0.0339. The summed E-state index contributed by atoms with van der Waals surface area (Å²) in [6.07, 6.45) is 2.03. The number of hydrogen-bond acceptors (Lipinski definition) is 3. The molecule has 1 heterocycles. The first-order chi connectivity index (χ1) is 6.25. The maximum absolute atomic E-state index is 10.6. The lowest BCUT2D eigenvalue weighted by Gasteiger charge is -1.86. The largest absolute Gasteiger partial charge is 0.476 e. The molecule has 0 saturated carbocycles. The summed E-state index contributed by atoms with van der Waals surface area (Å²) < 4.78 is 0. The third kappa shape index (κ3) is 2.53. The highest BCUT2D eigenvalue weighted by atomic mass is 32.1. The smallest absolute Gasteiger partial charge is 0.355 e. The van der Waals surface area contributed by atoms with Gasteiger partial charge in [0.1, 0.15) is 0 Å². The lowest BCUT2D eigenvalue weighted by molar-refractivity contribution is 0.0690. The van der Waals surface area contributed by atoms with Gasteiger partial charge < -0.3 is 5.11 Å². The summed E-state index contributed by atoms with van der Waals surface area (Å²) in [5, 5.41) is 14.6. The SMILES string of the molecule is O=C(O)c1[nH]ncc1C#CCCS. The van der Waals surface area contributed by atoms with E-state index in [0.717, 1.165) is 0 Å². The second-order valence-corrected chi connectivity index (χ2v) is 2.69. The summed E-state index contributed by atoms with van der Waals surface area (Å²) in [5.74, 6) is 5.10. The predicted octanol–water partition coefficient (Wildman–Crippen LogP) is 0.779. The number of aromatic carboxylic acids is 1. The van der Waals surface area contributed by atoms with Crippen LogP contribution in [0.2, 0.25) is 0 Å². The Morgan fingerprint density at radius 3 is 3.15 bits per heavy atom. The average Bonchev–Trinajstić information content (AvgIpc) is 2.53. The van der Waals surface area contributed by atoms with E-state index in [0.29, 0.717) is 17.7 Å². The van der Waals surface area contributed by atoms with E-state index in [1.165, 1.54) is 6.20 Å². The minimum Gasteiger partial charge on any atom is -0.476 e. The topological polar surface area (TPSA) is 66.0 Å². The Balaban J connectivity index is 2.84. The quantitative estimate of drug-likeness (QED) is 0.483. The Morgan fingerprint density at radius 2 is 2.54 bits per heavy atom. The van der Waals surface area contributed by atoms with E-state index in [1.54, 1.807) is 0 Å². The van der Waals surface area contributed by atoms with Gasteiger partial charge in [0.2, 0.25) is 0 Å². The van der Waals surface area contributed by atoms with E-state index in [2.05, 4.69) is 34.7 Å². The summed E-state index contributed by atoms with van der Waals surface area (Å²) >= 11 is 3.98. The highest BCUT2D eigenvalue weighted by Crippen LogP contribution is 2.01. The highest BCUT2D eigenvalue weighted by Gasteiger charge is 2.09. The number of aromatic amines is 1. The molecule has 0 atom stereocenters. The normalized spacial score (nSPS) is 9.00. The van der Waals surface area contributed by atoms with Crippen molar-refractivity contribution in [1.82, 2.24) is 10.2 Å². The fraction of sp³-hybridized carbons (Fsp3) is 0.250. The van der Waals surface area contributed by atoms with Gasteiger partial charge in [-0.2, -0.15) is 17.7 Å². The van der Waals surface area contributed by atoms with Crippen LogP contribution in [0.5, 0.6) is 0 Å². The zero-order valence-electron chi connectivity index (χ0n) is 6.74. The van der Waals surface area contributed by atoms with Gasteiger partial charge in [-0.25, -0.2) is 4.79 Å². The van der Waals surface area contributed by atoms with Crippen LogP contribution >= 0.6 is 12.6 Å². The first kappa shape index (κ1) is 9.68. The number of carbonyl (C=O) groups is 1. The van der Waals surface area contributed by atoms with E-state index in [-0.39, 0.29) is 5.69 Å². The van der Waals surface area contributed by atoms with Crippen LogP contribution in [0.15, 0.2) is 6.20 Å². The van der Waals surface area contributed by atoms with E-state index >= 15 is 0 Å². The number of nitrogens with zero attached hydrogens (tertiary/aromatic N) is 1. The first-order valence-corrected chi connectivity index (χ1v) is 4.25. The van der Waals surface area contributed by atoms with Gasteiger partial charge in [-0.3, -0.25) is 5.10 Å². The molecule has 5 heteroatoms. The van der Waals surface area contributed by atoms with Gasteiger partial charge in [0.25, 0.3) is 0 Å². The van der Waals surface area contributed by atoms with Crippen molar-refractivity contribution in [2.45, 2.75) is 6.42 Å². The number of H-pyrrole nitrogens is 1. The van der Waals surface area contributed by atoms with Crippen LogP contribution in [0, 0.1) is 11.8 Å². The maximum atomic E-state index is 10.6. The molecule has 0 aliphatic rings. The van der Waals surface area contributed by atoms with Gasteiger partial charge in [-0.15, -0.1) is 0 Å². The minimum atomic E-state index is -1.05. The van der Waals surface area contributed by atoms with E-state index < -0.39 is 5.97 Å². The van der Waals surface area contributed by atoms with Crippen molar-refractivity contribution in [3.05, 3.63) is 17.5 Å². The molecular weight excluding hydrogens is 188 g/mol. The number of carboxylic acids is 1. The van der Waals surface area contributed by atoms with Gasteiger partial charge in [0.05, 0.1) is 11.8 Å². The Labute approximate surface area is 80.8 Å². The molecule has 0 aliphatic heterocycles. The summed E-state index contributed by atoms with van der Waals surface area (Å²) in [5.41, 5.74) is 0.445. The molecule has 0 aliphatic carbocycles. The number of carboxylic acid groups (broad SMARTS) is 1. The lowest BCUT2D eigenvalue weighted by atomic mass is 10.2. The van der Waals surface area contributed by atoms with Crippen molar-refractivity contribution >= 4 is 18.6 Å². The van der Waals surface area contributed by atoms with Gasteiger partial charge >= 0.3 is 5.97 Å². The number of rotatable bonds is 2. The Morgan fingerprint density at radius 1 is 1.77 bits per heavy atom. The molecule has 13 heavy (non-hydrogen) atoms. The van der Waals surface area contributed by atoms with Gasteiger partial charge in [-0.1, -0.05) is 11.8 Å². The zero-order valence-corrected chi connectivity index (χ0v) is 7.64. The number of nitrogens with one attached hydrogen (secondary N) is 1. The van der Waals surface area contributed by atoms with Crippen LogP contribution in [0.3, 0.4) is 0 Å². The van der Waals surface area contributed by atoms with Crippen LogP contribution in [0.25, 0.3) is 0 Å². The predicted molar refractivity (Wildman–Crippen MR) is 50.9 cm³/mol. The van der Waals surface area contributed by atoms with Crippen molar-refractivity contribution in [3.8, 4) is 11.8 Å². The molecule has 1 aromatic rings. The van der Waals surface area contributed by atoms with Gasteiger partial charge in [0.15, 0.2) is 5.69 Å². The molecule has 0 spiro atoms. The third-order valence-electron chi connectivity index (χ3n) is 1.31. The monoisotopic (exact) mass is 196 g/mol. The molecule has 0 fully saturated rings. The third-order valence-corrected chi connectivity index (χ3v) is 1.54. The molecule has 2 N–H and O–H groups in total. The van der Waals surface area contributed by atoms with Crippen molar-refractivity contribution in [1.29, 1.82) is 0 Å². The summed E-state index contributed by atoms with van der Waals surface area (Å²) in [4.78, 5) is 10.6. The van der Waals surface area contributed by atoms with Crippen molar-refractivity contribution in [3.63, 3.8) is 0 Å². The van der Waals surface area contributed by atoms with Crippen molar-refractivity contribution in [2.24, 2.45) is 0 Å². The zero-order chi connectivity index (χ0) is 9.68. The average molecular weight is 196 g/mol. The number of hydrogen-bond donors (Lipinski definition) is 3. The summed E-state index contributed by atoms with van der Waals surface area (Å²) in [7, 11) is 0. The standard InChI is InChI=1S/C8H8N2O2S/c11-8(12)7-6(5-9-10-7)3-1-2-4-13/h5,13H,2,4H2,(H,9,10)(H,11,12).